The van der Waals surface area contributed by atoms with Crippen LogP contribution in [-0.4, -0.2) is 22.2 Å². The monoisotopic (exact) mass is 584 g/mol. The van der Waals surface area contributed by atoms with E-state index < -0.39 is 5.97 Å². The predicted octanol–water partition coefficient (Wildman–Crippen LogP) is 6.08. The van der Waals surface area contributed by atoms with E-state index in [1.807, 2.05) is 50.3 Å². The van der Waals surface area contributed by atoms with E-state index in [0.29, 0.717) is 22.4 Å². The van der Waals surface area contributed by atoms with E-state index in [0.717, 1.165) is 31.5 Å². The second-order valence-corrected chi connectivity index (χ2v) is 10.0. The fraction of sp³-hybridized carbons (Fsp3) is 0.115. The zero-order chi connectivity index (χ0) is 24.2. The number of hydrogen-bond acceptors (Lipinski definition) is 5. The minimum absolute atomic E-state index is 0.173. The number of ether oxygens (including phenoxy) is 1. The van der Waals surface area contributed by atoms with Crippen molar-refractivity contribution in [2.75, 3.05) is 0 Å². The van der Waals surface area contributed by atoms with Gasteiger partial charge in [-0.05, 0) is 113 Å². The Kier molecular flexibility index (Phi) is 7.38. The van der Waals surface area contributed by atoms with E-state index in [2.05, 4.69) is 39.0 Å². The molecule has 4 rings (SSSR count). The smallest absolute Gasteiger partial charge is 0.335 e. The number of nitrogens with one attached hydrogen (secondary N) is 1. The summed E-state index contributed by atoms with van der Waals surface area (Å²) in [6, 6.07) is 18.3. The molecular weight excluding hydrogens is 563 g/mol. The van der Waals surface area contributed by atoms with Gasteiger partial charge in [-0.3, -0.25) is 4.79 Å². The van der Waals surface area contributed by atoms with E-state index in [1.54, 1.807) is 24.3 Å². The average Bonchev–Trinajstić information content (AvgIpc) is 3.11. The number of amides is 1. The molecule has 2 N–H and O–H groups in total. The first-order valence-electron chi connectivity index (χ1n) is 10.4. The first-order chi connectivity index (χ1) is 16.3. The summed E-state index contributed by atoms with van der Waals surface area (Å²) < 4.78 is 6.80. The molecular formula is C26H21IN2O4S. The number of amidine groups is 1. The Morgan fingerprint density at radius 2 is 1.79 bits per heavy atom. The summed E-state index contributed by atoms with van der Waals surface area (Å²) in [4.78, 5) is 28.6. The Balaban J connectivity index is 1.44. The van der Waals surface area contributed by atoms with E-state index in [4.69, 9.17) is 9.84 Å². The zero-order valence-corrected chi connectivity index (χ0v) is 21.4. The normalized spacial score (nSPS) is 15.6. The topological polar surface area (TPSA) is 88.0 Å². The molecule has 1 aliphatic heterocycles. The number of carbonyl (C=O) groups is 2. The van der Waals surface area contributed by atoms with E-state index >= 15 is 0 Å². The number of thioether (sulfide) groups is 1. The second-order valence-electron chi connectivity index (χ2n) is 7.81. The summed E-state index contributed by atoms with van der Waals surface area (Å²) in [6.45, 7) is 4.37. The van der Waals surface area contributed by atoms with Crippen LogP contribution < -0.4 is 10.1 Å². The van der Waals surface area contributed by atoms with Crippen LogP contribution in [0.3, 0.4) is 0 Å². The Morgan fingerprint density at radius 3 is 2.44 bits per heavy atom. The van der Waals surface area contributed by atoms with Crippen LogP contribution in [0.4, 0.5) is 5.69 Å². The minimum Gasteiger partial charge on any atom is -0.488 e. The molecule has 3 aromatic carbocycles. The first kappa shape index (κ1) is 24.0. The molecule has 3 aromatic rings. The van der Waals surface area contributed by atoms with Crippen LogP contribution in [0.2, 0.25) is 0 Å². The van der Waals surface area contributed by atoms with Gasteiger partial charge < -0.3 is 15.2 Å². The van der Waals surface area contributed by atoms with Gasteiger partial charge >= 0.3 is 5.97 Å². The molecule has 0 radical (unpaired) electrons. The third kappa shape index (κ3) is 6.06. The van der Waals surface area contributed by atoms with Crippen molar-refractivity contribution < 1.29 is 19.4 Å². The SMILES string of the molecule is Cc1cc(C)cc(N=C2NC(=O)/C(=C/c3ccc(OCc4ccc(C(=O)O)cc4)c(I)c3)S2)c1. The van der Waals surface area contributed by atoms with Crippen LogP contribution in [-0.2, 0) is 11.4 Å². The third-order valence-electron chi connectivity index (χ3n) is 4.94. The number of benzene rings is 3. The highest BCUT2D eigenvalue weighted by molar-refractivity contribution is 14.1. The van der Waals surface area contributed by atoms with Gasteiger partial charge in [0.2, 0.25) is 0 Å². The number of halogens is 1. The Bertz CT molecular complexity index is 1310. The number of carboxylic acid groups (broad SMARTS) is 1. The molecule has 172 valence electrons. The fourth-order valence-corrected chi connectivity index (χ4v) is 4.93. The number of carboxylic acids is 1. The van der Waals surface area contributed by atoms with Crippen molar-refractivity contribution >= 4 is 63.2 Å². The number of aliphatic imine (C=N–C) groups is 1. The van der Waals surface area contributed by atoms with E-state index in [1.165, 1.54) is 11.8 Å². The minimum atomic E-state index is -0.954. The highest BCUT2D eigenvalue weighted by Crippen LogP contribution is 2.30. The maximum atomic E-state index is 12.4. The summed E-state index contributed by atoms with van der Waals surface area (Å²) in [5.74, 6) is -0.414. The quantitative estimate of drug-likeness (QED) is 0.271. The van der Waals surface area contributed by atoms with Crippen molar-refractivity contribution in [3.63, 3.8) is 0 Å². The number of hydrogen-bond donors (Lipinski definition) is 2. The Morgan fingerprint density at radius 1 is 1.09 bits per heavy atom. The van der Waals surface area contributed by atoms with Gasteiger partial charge in [0.05, 0.1) is 19.7 Å². The van der Waals surface area contributed by atoms with Crippen LogP contribution >= 0.6 is 34.4 Å². The lowest BCUT2D eigenvalue weighted by atomic mass is 10.1. The largest absolute Gasteiger partial charge is 0.488 e. The van der Waals surface area contributed by atoms with Gasteiger partial charge in [-0.1, -0.05) is 24.3 Å². The van der Waals surface area contributed by atoms with Gasteiger partial charge in [0, 0.05) is 0 Å². The highest BCUT2D eigenvalue weighted by atomic mass is 127. The molecule has 0 bridgehead atoms. The first-order valence-corrected chi connectivity index (χ1v) is 12.3. The molecule has 8 heteroatoms. The molecule has 1 heterocycles. The molecule has 1 aliphatic rings. The van der Waals surface area contributed by atoms with Crippen molar-refractivity contribution in [2.45, 2.75) is 20.5 Å². The summed E-state index contributed by atoms with van der Waals surface area (Å²) >= 11 is 3.51. The lowest BCUT2D eigenvalue weighted by Gasteiger charge is -2.09. The van der Waals surface area contributed by atoms with Crippen LogP contribution in [0.1, 0.15) is 32.6 Å². The molecule has 0 unspecified atom stereocenters. The molecule has 0 aliphatic carbocycles. The molecule has 0 spiro atoms. The summed E-state index contributed by atoms with van der Waals surface area (Å²) in [6.07, 6.45) is 1.83. The van der Waals surface area contributed by atoms with Gasteiger partial charge in [-0.15, -0.1) is 0 Å². The lowest BCUT2D eigenvalue weighted by Crippen LogP contribution is -2.19. The molecule has 0 saturated carbocycles. The van der Waals surface area contributed by atoms with Crippen molar-refractivity contribution in [2.24, 2.45) is 4.99 Å². The number of carbonyl (C=O) groups excluding carboxylic acids is 1. The standard InChI is InChI=1S/C26H21IN2O4S/c1-15-9-16(2)11-20(10-15)28-26-29-24(30)23(34-26)13-18-5-8-22(21(27)12-18)33-14-17-3-6-19(7-4-17)25(31)32/h3-13H,14H2,1-2H3,(H,31,32)(H,28,29,30)/b23-13-. The van der Waals surface area contributed by atoms with Crippen molar-refractivity contribution in [1.82, 2.24) is 5.32 Å². The van der Waals surface area contributed by atoms with Gasteiger partial charge in [0.1, 0.15) is 12.4 Å². The summed E-state index contributed by atoms with van der Waals surface area (Å²) in [7, 11) is 0. The van der Waals surface area contributed by atoms with Crippen molar-refractivity contribution in [1.29, 1.82) is 0 Å². The predicted molar refractivity (Wildman–Crippen MR) is 144 cm³/mol. The van der Waals surface area contributed by atoms with E-state index in [9.17, 15) is 9.59 Å². The summed E-state index contributed by atoms with van der Waals surface area (Å²) in [5.41, 5.74) is 5.06. The van der Waals surface area contributed by atoms with Gasteiger partial charge in [0.15, 0.2) is 5.17 Å². The van der Waals surface area contributed by atoms with Gasteiger partial charge in [-0.25, -0.2) is 9.79 Å². The molecule has 0 aromatic heterocycles. The van der Waals surface area contributed by atoms with Crippen molar-refractivity contribution in [3.8, 4) is 5.75 Å². The van der Waals surface area contributed by atoms with Gasteiger partial charge in [-0.2, -0.15) is 0 Å². The molecule has 0 atom stereocenters. The molecule has 1 fully saturated rings. The van der Waals surface area contributed by atoms with Crippen molar-refractivity contribution in [3.05, 3.63) is 97.0 Å². The number of aromatic carboxylic acids is 1. The third-order valence-corrected chi connectivity index (χ3v) is 6.69. The van der Waals surface area contributed by atoms with Crippen LogP contribution in [0.5, 0.6) is 5.75 Å². The maximum absolute atomic E-state index is 12.4. The Hall–Kier alpha value is -3.11. The van der Waals surface area contributed by atoms with E-state index in [-0.39, 0.29) is 11.5 Å². The second kappa shape index (κ2) is 10.4. The van der Waals surface area contributed by atoms with Crippen LogP contribution in [0.15, 0.2) is 70.6 Å². The zero-order valence-electron chi connectivity index (χ0n) is 18.5. The Labute approximate surface area is 215 Å². The highest BCUT2D eigenvalue weighted by Gasteiger charge is 2.24. The number of rotatable bonds is 6. The summed E-state index contributed by atoms with van der Waals surface area (Å²) in [5, 5.41) is 12.4. The number of aryl methyl sites for hydroxylation is 2. The maximum Gasteiger partial charge on any atom is 0.335 e. The molecule has 6 nitrogen and oxygen atoms in total. The lowest BCUT2D eigenvalue weighted by molar-refractivity contribution is -0.115. The fourth-order valence-electron chi connectivity index (χ4n) is 3.39. The van der Waals surface area contributed by atoms with Gasteiger partial charge in [0.25, 0.3) is 5.91 Å². The number of nitrogens with zero attached hydrogens (tertiary/aromatic N) is 1. The molecule has 1 amide bonds. The average molecular weight is 584 g/mol. The van der Waals surface area contributed by atoms with Crippen LogP contribution in [0, 0.1) is 17.4 Å². The molecule has 1 saturated heterocycles. The van der Waals surface area contributed by atoms with Crippen LogP contribution in [0.25, 0.3) is 6.08 Å². The molecule has 34 heavy (non-hydrogen) atoms.